The fourth-order valence-electron chi connectivity index (χ4n) is 2.34. The maximum atomic E-state index is 9.43. The number of anilines is 1. The van der Waals surface area contributed by atoms with Crippen LogP contribution in [0.5, 0.6) is 0 Å². The first-order valence-corrected chi connectivity index (χ1v) is 7.55. The van der Waals surface area contributed by atoms with Gasteiger partial charge in [-0.25, -0.2) is 4.98 Å². The van der Waals surface area contributed by atoms with E-state index < -0.39 is 0 Å². The van der Waals surface area contributed by atoms with E-state index in [-0.39, 0.29) is 5.41 Å². The van der Waals surface area contributed by atoms with Gasteiger partial charge in [-0.05, 0) is 23.1 Å². The largest absolute Gasteiger partial charge is 0.383 e. The Labute approximate surface area is 132 Å². The number of nitrogen functional groups attached to an aromatic ring is 1. The second-order valence-electron chi connectivity index (χ2n) is 6.95. The summed E-state index contributed by atoms with van der Waals surface area (Å²) in [5.41, 5.74) is 10.4. The molecular weight excluding hydrogens is 270 g/mol. The van der Waals surface area contributed by atoms with Crippen LogP contribution in [-0.4, -0.2) is 4.98 Å². The lowest BCUT2D eigenvalue weighted by Crippen LogP contribution is -2.15. The minimum atomic E-state index is -0.116. The van der Waals surface area contributed by atoms with E-state index in [1.807, 2.05) is 6.07 Å². The molecule has 3 nitrogen and oxygen atoms in total. The van der Waals surface area contributed by atoms with Gasteiger partial charge in [0.1, 0.15) is 17.5 Å². The minimum absolute atomic E-state index is 0.116. The number of benzene rings is 1. The van der Waals surface area contributed by atoms with Crippen molar-refractivity contribution in [3.8, 4) is 17.2 Å². The molecular formula is C19H23N3. The van der Waals surface area contributed by atoms with Gasteiger partial charge in [0, 0.05) is 16.7 Å². The van der Waals surface area contributed by atoms with E-state index >= 15 is 0 Å². The molecule has 2 aromatic rings. The van der Waals surface area contributed by atoms with Crippen molar-refractivity contribution in [3.63, 3.8) is 0 Å². The molecule has 0 saturated carbocycles. The summed E-state index contributed by atoms with van der Waals surface area (Å²) >= 11 is 0. The molecule has 0 atom stereocenters. The van der Waals surface area contributed by atoms with Gasteiger partial charge in [0.2, 0.25) is 0 Å². The molecule has 0 aliphatic carbocycles. The number of nitriles is 1. The average Bonchev–Trinajstić information content (AvgIpc) is 2.45. The normalized spacial score (nSPS) is 11.5. The van der Waals surface area contributed by atoms with Crippen molar-refractivity contribution in [2.75, 3.05) is 5.73 Å². The molecule has 22 heavy (non-hydrogen) atoms. The maximum Gasteiger partial charge on any atom is 0.142 e. The van der Waals surface area contributed by atoms with Crippen molar-refractivity contribution >= 4 is 5.82 Å². The Morgan fingerprint density at radius 3 is 2.18 bits per heavy atom. The van der Waals surface area contributed by atoms with Gasteiger partial charge in [-0.2, -0.15) is 5.26 Å². The van der Waals surface area contributed by atoms with E-state index in [1.165, 1.54) is 5.56 Å². The highest BCUT2D eigenvalue weighted by atomic mass is 14.9. The Hall–Kier alpha value is -2.34. The first kappa shape index (κ1) is 16.0. The molecule has 0 aliphatic heterocycles. The third-order valence-corrected chi connectivity index (χ3v) is 3.82. The fourth-order valence-corrected chi connectivity index (χ4v) is 2.34. The first-order valence-electron chi connectivity index (χ1n) is 7.55. The monoisotopic (exact) mass is 293 g/mol. The van der Waals surface area contributed by atoms with Gasteiger partial charge in [-0.15, -0.1) is 0 Å². The van der Waals surface area contributed by atoms with Crippen LogP contribution in [0, 0.1) is 11.3 Å². The highest BCUT2D eigenvalue weighted by Gasteiger charge is 2.20. The standard InChI is InChI=1S/C19H23N3/c1-12(2)13-6-8-14(9-7-13)15-10-17(19(3,4)5)22-18(21)16(15)11-20/h6-10,12H,1-5H3,(H2,21,22). The van der Waals surface area contributed by atoms with E-state index in [1.54, 1.807) is 0 Å². The van der Waals surface area contributed by atoms with Gasteiger partial charge in [-0.3, -0.25) is 0 Å². The lowest BCUT2D eigenvalue weighted by Gasteiger charge is -2.20. The van der Waals surface area contributed by atoms with Gasteiger partial charge in [-0.1, -0.05) is 58.9 Å². The SMILES string of the molecule is CC(C)c1ccc(-c2cc(C(C)(C)C)nc(N)c2C#N)cc1. The van der Waals surface area contributed by atoms with Gasteiger partial charge in [0.25, 0.3) is 0 Å². The summed E-state index contributed by atoms with van der Waals surface area (Å²) in [6.07, 6.45) is 0. The Morgan fingerprint density at radius 1 is 1.14 bits per heavy atom. The van der Waals surface area contributed by atoms with Crippen molar-refractivity contribution in [1.82, 2.24) is 4.98 Å². The lowest BCUT2D eigenvalue weighted by atomic mass is 9.88. The summed E-state index contributed by atoms with van der Waals surface area (Å²) < 4.78 is 0. The average molecular weight is 293 g/mol. The van der Waals surface area contributed by atoms with E-state index in [2.05, 4.69) is 69.9 Å². The third kappa shape index (κ3) is 3.12. The summed E-state index contributed by atoms with van der Waals surface area (Å²) in [4.78, 5) is 4.40. The molecule has 3 heteroatoms. The number of hydrogen-bond acceptors (Lipinski definition) is 3. The molecule has 0 unspecified atom stereocenters. The highest BCUT2D eigenvalue weighted by Crippen LogP contribution is 2.32. The van der Waals surface area contributed by atoms with Gasteiger partial charge in [0.05, 0.1) is 0 Å². The highest BCUT2D eigenvalue weighted by molar-refractivity contribution is 5.76. The summed E-state index contributed by atoms with van der Waals surface area (Å²) in [6, 6.07) is 12.5. The van der Waals surface area contributed by atoms with E-state index in [9.17, 15) is 5.26 Å². The Kier molecular flexibility index (Phi) is 4.23. The lowest BCUT2D eigenvalue weighted by molar-refractivity contribution is 0.570. The third-order valence-electron chi connectivity index (χ3n) is 3.82. The Bertz CT molecular complexity index is 714. The molecule has 0 fully saturated rings. The van der Waals surface area contributed by atoms with Crippen LogP contribution in [0.2, 0.25) is 0 Å². The van der Waals surface area contributed by atoms with Crippen LogP contribution < -0.4 is 5.73 Å². The Balaban J connectivity index is 2.63. The van der Waals surface area contributed by atoms with Crippen molar-refractivity contribution in [3.05, 3.63) is 47.2 Å². The minimum Gasteiger partial charge on any atom is -0.383 e. The zero-order valence-electron chi connectivity index (χ0n) is 13.9. The summed E-state index contributed by atoms with van der Waals surface area (Å²) in [6.45, 7) is 10.6. The summed E-state index contributed by atoms with van der Waals surface area (Å²) in [7, 11) is 0. The molecule has 0 saturated heterocycles. The summed E-state index contributed by atoms with van der Waals surface area (Å²) in [5, 5.41) is 9.43. The summed E-state index contributed by atoms with van der Waals surface area (Å²) in [5.74, 6) is 0.787. The van der Waals surface area contributed by atoms with Gasteiger partial charge < -0.3 is 5.73 Å². The topological polar surface area (TPSA) is 62.7 Å². The fraction of sp³-hybridized carbons (Fsp3) is 0.368. The van der Waals surface area contributed by atoms with Crippen LogP contribution in [0.4, 0.5) is 5.82 Å². The number of rotatable bonds is 2. The molecule has 0 amide bonds. The van der Waals surface area contributed by atoms with Crippen LogP contribution >= 0.6 is 0 Å². The van der Waals surface area contributed by atoms with Crippen molar-refractivity contribution < 1.29 is 0 Å². The number of nitrogens with two attached hydrogens (primary N) is 1. The molecule has 0 radical (unpaired) electrons. The Morgan fingerprint density at radius 2 is 1.73 bits per heavy atom. The van der Waals surface area contributed by atoms with Crippen molar-refractivity contribution in [2.45, 2.75) is 46.0 Å². The van der Waals surface area contributed by atoms with E-state index in [0.29, 0.717) is 17.3 Å². The predicted octanol–water partition coefficient (Wildman–Crippen LogP) is 4.62. The van der Waals surface area contributed by atoms with E-state index in [0.717, 1.165) is 16.8 Å². The van der Waals surface area contributed by atoms with Crippen molar-refractivity contribution in [2.24, 2.45) is 0 Å². The smallest absolute Gasteiger partial charge is 0.142 e. The zero-order chi connectivity index (χ0) is 16.5. The number of hydrogen-bond donors (Lipinski definition) is 1. The molecule has 1 heterocycles. The first-order chi connectivity index (χ1) is 10.2. The number of aromatic nitrogens is 1. The molecule has 0 aliphatic rings. The molecule has 2 N–H and O–H groups in total. The second kappa shape index (κ2) is 5.81. The quantitative estimate of drug-likeness (QED) is 0.878. The van der Waals surface area contributed by atoms with Crippen LogP contribution in [0.15, 0.2) is 30.3 Å². The molecule has 1 aromatic carbocycles. The second-order valence-corrected chi connectivity index (χ2v) is 6.95. The van der Waals surface area contributed by atoms with Gasteiger partial charge in [0.15, 0.2) is 0 Å². The van der Waals surface area contributed by atoms with Crippen LogP contribution in [-0.2, 0) is 5.41 Å². The van der Waals surface area contributed by atoms with Gasteiger partial charge >= 0.3 is 0 Å². The number of pyridine rings is 1. The molecule has 1 aromatic heterocycles. The number of nitrogens with zero attached hydrogens (tertiary/aromatic N) is 2. The molecule has 114 valence electrons. The van der Waals surface area contributed by atoms with Crippen molar-refractivity contribution in [1.29, 1.82) is 5.26 Å². The van der Waals surface area contributed by atoms with Crippen LogP contribution in [0.25, 0.3) is 11.1 Å². The van der Waals surface area contributed by atoms with Crippen LogP contribution in [0.3, 0.4) is 0 Å². The predicted molar refractivity (Wildman–Crippen MR) is 91.6 cm³/mol. The van der Waals surface area contributed by atoms with Crippen LogP contribution in [0.1, 0.15) is 57.4 Å². The van der Waals surface area contributed by atoms with E-state index in [4.69, 9.17) is 5.73 Å². The molecule has 0 bridgehead atoms. The molecule has 0 spiro atoms. The zero-order valence-corrected chi connectivity index (χ0v) is 13.9. The maximum absolute atomic E-state index is 9.43. The molecule has 2 rings (SSSR count).